The molecule has 1 saturated carbocycles. The second kappa shape index (κ2) is 6.42. The Labute approximate surface area is 108 Å². The smallest absolute Gasteiger partial charge is 0.118 e. The molecule has 1 aromatic rings. The third-order valence-electron chi connectivity index (χ3n) is 3.58. The summed E-state index contributed by atoms with van der Waals surface area (Å²) in [5.41, 5.74) is 1.14. The fourth-order valence-electron chi connectivity index (χ4n) is 2.46. The van der Waals surface area contributed by atoms with Crippen LogP contribution in [0, 0.1) is 23.2 Å². The van der Waals surface area contributed by atoms with Gasteiger partial charge in [-0.05, 0) is 36.5 Å². The standard InChI is InChI=1S/C15H19NO2/c1-17-15-7-5-12(6-8-15)10-18-11-14-4-2-3-13(14)9-16/h5-8,13-14H,2-4,10-11H2,1H3/t13-,14+/m1/s1. The number of hydrogen-bond donors (Lipinski definition) is 0. The van der Waals surface area contributed by atoms with Gasteiger partial charge in [-0.3, -0.25) is 0 Å². The summed E-state index contributed by atoms with van der Waals surface area (Å²) in [7, 11) is 1.66. The van der Waals surface area contributed by atoms with Gasteiger partial charge in [-0.25, -0.2) is 0 Å². The maximum atomic E-state index is 8.99. The molecule has 0 bridgehead atoms. The lowest BCUT2D eigenvalue weighted by Crippen LogP contribution is -2.13. The minimum Gasteiger partial charge on any atom is -0.497 e. The fourth-order valence-corrected chi connectivity index (χ4v) is 2.46. The predicted octanol–water partition coefficient (Wildman–Crippen LogP) is 3.15. The predicted molar refractivity (Wildman–Crippen MR) is 69.1 cm³/mol. The summed E-state index contributed by atoms with van der Waals surface area (Å²) in [6, 6.07) is 10.3. The molecule has 96 valence electrons. The first kappa shape index (κ1) is 12.9. The third-order valence-corrected chi connectivity index (χ3v) is 3.58. The maximum absolute atomic E-state index is 8.99. The molecular weight excluding hydrogens is 226 g/mol. The SMILES string of the molecule is COc1ccc(COC[C@@H]2CCC[C@@H]2C#N)cc1. The molecule has 1 aromatic carbocycles. The van der Waals surface area contributed by atoms with Gasteiger partial charge in [-0.1, -0.05) is 18.6 Å². The van der Waals surface area contributed by atoms with Gasteiger partial charge in [0.05, 0.1) is 32.3 Å². The van der Waals surface area contributed by atoms with Crippen LogP contribution in [-0.4, -0.2) is 13.7 Å². The maximum Gasteiger partial charge on any atom is 0.118 e. The first-order valence-electron chi connectivity index (χ1n) is 6.44. The Morgan fingerprint density at radius 3 is 2.72 bits per heavy atom. The van der Waals surface area contributed by atoms with Crippen LogP contribution in [0.4, 0.5) is 0 Å². The number of rotatable bonds is 5. The van der Waals surface area contributed by atoms with E-state index in [-0.39, 0.29) is 5.92 Å². The van der Waals surface area contributed by atoms with E-state index in [1.165, 1.54) is 0 Å². The third kappa shape index (κ3) is 3.24. The van der Waals surface area contributed by atoms with E-state index in [0.717, 1.165) is 30.6 Å². The summed E-state index contributed by atoms with van der Waals surface area (Å²) in [5, 5.41) is 8.99. The molecule has 18 heavy (non-hydrogen) atoms. The number of nitrogens with zero attached hydrogens (tertiary/aromatic N) is 1. The van der Waals surface area contributed by atoms with Crippen molar-refractivity contribution in [1.29, 1.82) is 5.26 Å². The van der Waals surface area contributed by atoms with Crippen LogP contribution >= 0.6 is 0 Å². The normalized spacial score (nSPS) is 22.7. The number of benzene rings is 1. The molecule has 3 heteroatoms. The number of ether oxygens (including phenoxy) is 2. The molecule has 2 rings (SSSR count). The van der Waals surface area contributed by atoms with Crippen molar-refractivity contribution in [3.63, 3.8) is 0 Å². The summed E-state index contributed by atoms with van der Waals surface area (Å²) in [6.45, 7) is 1.31. The average molecular weight is 245 g/mol. The van der Waals surface area contributed by atoms with Crippen LogP contribution in [0.5, 0.6) is 5.75 Å². The lowest BCUT2D eigenvalue weighted by Gasteiger charge is -2.13. The molecule has 0 aliphatic heterocycles. The van der Waals surface area contributed by atoms with E-state index >= 15 is 0 Å². The van der Waals surface area contributed by atoms with Gasteiger partial charge in [0.25, 0.3) is 0 Å². The molecule has 1 aliphatic rings. The van der Waals surface area contributed by atoms with Crippen LogP contribution in [0.3, 0.4) is 0 Å². The molecule has 0 unspecified atom stereocenters. The summed E-state index contributed by atoms with van der Waals surface area (Å²) >= 11 is 0. The van der Waals surface area contributed by atoms with E-state index in [9.17, 15) is 0 Å². The van der Waals surface area contributed by atoms with Crippen molar-refractivity contribution in [3.8, 4) is 11.8 Å². The van der Waals surface area contributed by atoms with Crippen molar-refractivity contribution in [2.75, 3.05) is 13.7 Å². The molecule has 3 nitrogen and oxygen atoms in total. The Balaban J connectivity index is 1.76. The zero-order valence-corrected chi connectivity index (χ0v) is 10.8. The second-order valence-corrected chi connectivity index (χ2v) is 4.79. The van der Waals surface area contributed by atoms with E-state index in [4.69, 9.17) is 14.7 Å². The lowest BCUT2D eigenvalue weighted by molar-refractivity contribution is 0.0811. The van der Waals surface area contributed by atoms with Gasteiger partial charge in [0.1, 0.15) is 5.75 Å². The molecule has 0 spiro atoms. The highest BCUT2D eigenvalue weighted by molar-refractivity contribution is 5.26. The van der Waals surface area contributed by atoms with Crippen molar-refractivity contribution in [2.45, 2.75) is 25.9 Å². The first-order chi connectivity index (χ1) is 8.83. The Hall–Kier alpha value is -1.53. The fraction of sp³-hybridized carbons (Fsp3) is 0.533. The monoisotopic (exact) mass is 245 g/mol. The lowest BCUT2D eigenvalue weighted by atomic mass is 9.99. The van der Waals surface area contributed by atoms with Gasteiger partial charge in [-0.15, -0.1) is 0 Å². The van der Waals surface area contributed by atoms with Crippen molar-refractivity contribution >= 4 is 0 Å². The Kier molecular flexibility index (Phi) is 4.60. The van der Waals surface area contributed by atoms with Crippen LogP contribution in [0.2, 0.25) is 0 Å². The molecule has 0 aromatic heterocycles. The molecule has 0 radical (unpaired) electrons. The van der Waals surface area contributed by atoms with Gasteiger partial charge in [-0.2, -0.15) is 5.26 Å². The van der Waals surface area contributed by atoms with Gasteiger partial charge in [0.2, 0.25) is 0 Å². The molecule has 0 heterocycles. The molecule has 0 saturated heterocycles. The molecule has 0 N–H and O–H groups in total. The quantitative estimate of drug-likeness (QED) is 0.800. The van der Waals surface area contributed by atoms with Gasteiger partial charge in [0, 0.05) is 0 Å². The molecule has 1 aliphatic carbocycles. The van der Waals surface area contributed by atoms with Crippen molar-refractivity contribution in [2.24, 2.45) is 11.8 Å². The zero-order valence-electron chi connectivity index (χ0n) is 10.8. The number of hydrogen-bond acceptors (Lipinski definition) is 3. The topological polar surface area (TPSA) is 42.2 Å². The minimum atomic E-state index is 0.195. The Morgan fingerprint density at radius 2 is 2.06 bits per heavy atom. The second-order valence-electron chi connectivity index (χ2n) is 4.79. The van der Waals surface area contributed by atoms with E-state index < -0.39 is 0 Å². The highest BCUT2D eigenvalue weighted by Crippen LogP contribution is 2.31. The summed E-state index contributed by atoms with van der Waals surface area (Å²) in [4.78, 5) is 0. The minimum absolute atomic E-state index is 0.195. The summed E-state index contributed by atoms with van der Waals surface area (Å²) < 4.78 is 10.8. The van der Waals surface area contributed by atoms with Crippen LogP contribution in [-0.2, 0) is 11.3 Å². The highest BCUT2D eigenvalue weighted by Gasteiger charge is 2.26. The van der Waals surface area contributed by atoms with Gasteiger partial charge >= 0.3 is 0 Å². The Morgan fingerprint density at radius 1 is 1.28 bits per heavy atom. The number of methoxy groups -OCH3 is 1. The van der Waals surface area contributed by atoms with Crippen LogP contribution in [0.25, 0.3) is 0 Å². The van der Waals surface area contributed by atoms with E-state index in [1.54, 1.807) is 7.11 Å². The number of nitriles is 1. The van der Waals surface area contributed by atoms with Gasteiger partial charge < -0.3 is 9.47 Å². The summed E-state index contributed by atoms with van der Waals surface area (Å²) in [5.74, 6) is 1.48. The van der Waals surface area contributed by atoms with Crippen molar-refractivity contribution < 1.29 is 9.47 Å². The van der Waals surface area contributed by atoms with E-state index in [0.29, 0.717) is 19.1 Å². The Bertz CT molecular complexity index is 407. The van der Waals surface area contributed by atoms with E-state index in [2.05, 4.69) is 6.07 Å². The highest BCUT2D eigenvalue weighted by atomic mass is 16.5. The molecule has 1 fully saturated rings. The van der Waals surface area contributed by atoms with Crippen LogP contribution in [0.1, 0.15) is 24.8 Å². The molecular formula is C15H19NO2. The van der Waals surface area contributed by atoms with Crippen LogP contribution in [0.15, 0.2) is 24.3 Å². The van der Waals surface area contributed by atoms with Crippen molar-refractivity contribution in [3.05, 3.63) is 29.8 Å². The first-order valence-corrected chi connectivity index (χ1v) is 6.44. The zero-order chi connectivity index (χ0) is 12.8. The van der Waals surface area contributed by atoms with Gasteiger partial charge in [0.15, 0.2) is 0 Å². The average Bonchev–Trinajstić information content (AvgIpc) is 2.87. The van der Waals surface area contributed by atoms with Crippen molar-refractivity contribution in [1.82, 2.24) is 0 Å². The summed E-state index contributed by atoms with van der Waals surface area (Å²) in [6.07, 6.45) is 3.32. The van der Waals surface area contributed by atoms with E-state index in [1.807, 2.05) is 24.3 Å². The largest absolute Gasteiger partial charge is 0.497 e. The molecule has 0 amide bonds. The van der Waals surface area contributed by atoms with Crippen LogP contribution < -0.4 is 4.74 Å². The molecule has 2 atom stereocenters.